The molecule has 2 aliphatic heterocycles. The molecule has 5 heterocycles. The fourth-order valence-corrected chi connectivity index (χ4v) is 5.49. The molecule has 5 rings (SSSR count). The van der Waals surface area contributed by atoms with Crippen LogP contribution in [-0.4, -0.2) is 33.1 Å². The third-order valence-electron chi connectivity index (χ3n) is 5.04. The van der Waals surface area contributed by atoms with Gasteiger partial charge >= 0.3 is 7.60 Å². The van der Waals surface area contributed by atoms with Crippen LogP contribution in [-0.2, 0) is 13.6 Å². The Kier molecular flexibility index (Phi) is 5.39. The third-order valence-corrected chi connectivity index (χ3v) is 7.20. The summed E-state index contributed by atoms with van der Waals surface area (Å²) in [7, 11) is -3.51. The maximum Gasteiger partial charge on any atom is 0.363 e. The zero-order chi connectivity index (χ0) is 22.1. The number of rotatable bonds is 5. The second-order valence-corrected chi connectivity index (χ2v) is 9.39. The van der Waals surface area contributed by atoms with Crippen LogP contribution < -0.4 is 5.30 Å². The number of aromatic amines is 2. The van der Waals surface area contributed by atoms with E-state index in [1.54, 1.807) is 19.9 Å². The standard InChI is InChI=1S/C24H23N4O3P/c1-3-30-32(29,31-4-2)24-15-22-13-20-8-7-18(26-20)11-16-5-6-17(25-16)12-19-9-10-21(27-19)14-23(24)28-22/h5-15,25,28H,3-4H2,1-2H3. The third kappa shape index (κ3) is 4.10. The van der Waals surface area contributed by atoms with Crippen molar-refractivity contribution in [2.45, 2.75) is 13.8 Å². The monoisotopic (exact) mass is 446 g/mol. The average Bonchev–Trinajstić information content (AvgIpc) is 3.53. The van der Waals surface area contributed by atoms with Gasteiger partial charge in [-0.15, -0.1) is 0 Å². The molecule has 7 nitrogen and oxygen atoms in total. The first-order valence-corrected chi connectivity index (χ1v) is 12.1. The Hall–Kier alpha value is -3.25. The maximum atomic E-state index is 13.6. The SMILES string of the molecule is CCOP(=O)(OCC)c1cc2cc3nc(cc4ccc(cc5nc(cc1[nH]2)C=C5)[nH]4)C=C3. The van der Waals surface area contributed by atoms with E-state index in [4.69, 9.17) is 9.05 Å². The molecule has 0 atom stereocenters. The first-order valence-electron chi connectivity index (χ1n) is 10.5. The lowest BCUT2D eigenvalue weighted by Gasteiger charge is -2.15. The van der Waals surface area contributed by atoms with Gasteiger partial charge in [0.2, 0.25) is 0 Å². The predicted octanol–water partition coefficient (Wildman–Crippen LogP) is 5.55. The largest absolute Gasteiger partial charge is 0.363 e. The number of H-pyrrole nitrogens is 2. The molecule has 8 bridgehead atoms. The Morgan fingerprint density at radius 1 is 0.719 bits per heavy atom. The van der Waals surface area contributed by atoms with Crippen LogP contribution >= 0.6 is 7.60 Å². The molecule has 3 aromatic heterocycles. The first kappa shape index (κ1) is 20.6. The summed E-state index contributed by atoms with van der Waals surface area (Å²) >= 11 is 0. The number of aromatic nitrogens is 4. The van der Waals surface area contributed by atoms with Gasteiger partial charge in [0.1, 0.15) is 0 Å². The fourth-order valence-electron chi connectivity index (χ4n) is 3.75. The van der Waals surface area contributed by atoms with Gasteiger partial charge < -0.3 is 19.0 Å². The molecule has 0 saturated heterocycles. The zero-order valence-corrected chi connectivity index (χ0v) is 18.7. The molecule has 0 saturated carbocycles. The minimum Gasteiger partial charge on any atom is -0.355 e. The van der Waals surface area contributed by atoms with Crippen molar-refractivity contribution in [2.75, 3.05) is 13.2 Å². The van der Waals surface area contributed by atoms with Gasteiger partial charge in [-0.1, -0.05) is 0 Å². The smallest absolute Gasteiger partial charge is 0.355 e. The van der Waals surface area contributed by atoms with Crippen molar-refractivity contribution < 1.29 is 13.6 Å². The van der Waals surface area contributed by atoms with E-state index in [9.17, 15) is 4.57 Å². The highest BCUT2D eigenvalue weighted by atomic mass is 31.2. The molecule has 0 aliphatic carbocycles. The van der Waals surface area contributed by atoms with Crippen molar-refractivity contribution in [3.63, 3.8) is 0 Å². The lowest BCUT2D eigenvalue weighted by atomic mass is 10.3. The highest BCUT2D eigenvalue weighted by Crippen LogP contribution is 2.48. The minimum absolute atomic E-state index is 0.274. The number of nitrogens with one attached hydrogen (secondary N) is 2. The number of nitrogens with zero attached hydrogens (tertiary/aromatic N) is 2. The van der Waals surface area contributed by atoms with E-state index in [1.165, 1.54) is 0 Å². The predicted molar refractivity (Wildman–Crippen MR) is 129 cm³/mol. The van der Waals surface area contributed by atoms with Crippen molar-refractivity contribution in [3.8, 4) is 0 Å². The van der Waals surface area contributed by atoms with Gasteiger partial charge in [-0.3, -0.25) is 4.57 Å². The molecule has 8 heteroatoms. The van der Waals surface area contributed by atoms with E-state index in [-0.39, 0.29) is 13.2 Å². The lowest BCUT2D eigenvalue weighted by molar-refractivity contribution is 0.230. The maximum absolute atomic E-state index is 13.6. The van der Waals surface area contributed by atoms with Crippen LogP contribution in [0.3, 0.4) is 0 Å². The molecule has 32 heavy (non-hydrogen) atoms. The molecule has 0 radical (unpaired) electrons. The van der Waals surface area contributed by atoms with E-state index in [1.807, 2.05) is 60.7 Å². The Balaban J connectivity index is 1.82. The summed E-state index contributed by atoms with van der Waals surface area (Å²) in [6, 6.07) is 13.6. The second-order valence-electron chi connectivity index (χ2n) is 7.39. The van der Waals surface area contributed by atoms with Crippen LogP contribution in [0.4, 0.5) is 0 Å². The Morgan fingerprint density at radius 2 is 1.22 bits per heavy atom. The van der Waals surface area contributed by atoms with Crippen LogP contribution in [0.2, 0.25) is 0 Å². The van der Waals surface area contributed by atoms with Crippen LogP contribution in [0.15, 0.2) is 42.5 Å². The zero-order valence-electron chi connectivity index (χ0n) is 17.8. The Bertz CT molecular complexity index is 1440. The molecular weight excluding hydrogens is 423 g/mol. The van der Waals surface area contributed by atoms with Gasteiger partial charge in [0.25, 0.3) is 0 Å². The molecule has 162 valence electrons. The molecule has 0 fully saturated rings. The summed E-state index contributed by atoms with van der Waals surface area (Å²) < 4.78 is 24.8. The molecule has 0 unspecified atom stereocenters. The molecule has 2 aliphatic rings. The minimum atomic E-state index is -3.51. The van der Waals surface area contributed by atoms with Crippen LogP contribution in [0.25, 0.3) is 46.4 Å². The molecule has 0 aromatic carbocycles. The Morgan fingerprint density at radius 3 is 1.75 bits per heavy atom. The van der Waals surface area contributed by atoms with E-state index in [2.05, 4.69) is 19.9 Å². The summed E-state index contributed by atoms with van der Waals surface area (Å²) in [5, 5.41) is 0.484. The average molecular weight is 446 g/mol. The number of hydrogen-bond acceptors (Lipinski definition) is 5. The summed E-state index contributed by atoms with van der Waals surface area (Å²) in [4.78, 5) is 16.0. The molecule has 3 aromatic rings. The number of fused-ring (bicyclic) bond motifs is 8. The van der Waals surface area contributed by atoms with E-state index in [0.29, 0.717) is 10.8 Å². The first-order chi connectivity index (χ1) is 15.5. The van der Waals surface area contributed by atoms with Gasteiger partial charge in [-0.2, -0.15) is 0 Å². The van der Waals surface area contributed by atoms with Crippen LogP contribution in [0.5, 0.6) is 0 Å². The molecule has 0 spiro atoms. The topological polar surface area (TPSA) is 92.9 Å². The summed E-state index contributed by atoms with van der Waals surface area (Å²) in [5.41, 5.74) is 6.50. The fraction of sp³-hybridized carbons (Fsp3) is 0.167. The van der Waals surface area contributed by atoms with Gasteiger partial charge in [0, 0.05) is 16.6 Å². The van der Waals surface area contributed by atoms with Crippen LogP contribution in [0, 0.1) is 0 Å². The van der Waals surface area contributed by atoms with Crippen molar-refractivity contribution in [1.29, 1.82) is 0 Å². The van der Waals surface area contributed by atoms with E-state index < -0.39 is 7.60 Å². The second kappa shape index (κ2) is 8.36. The number of hydrogen-bond donors (Lipinski definition) is 2. The highest BCUT2D eigenvalue weighted by Gasteiger charge is 2.29. The molecular formula is C24H23N4O3P. The van der Waals surface area contributed by atoms with E-state index >= 15 is 0 Å². The van der Waals surface area contributed by atoms with Crippen LogP contribution in [0.1, 0.15) is 36.6 Å². The van der Waals surface area contributed by atoms with Gasteiger partial charge in [-0.05, 0) is 80.6 Å². The Labute approximate surface area is 185 Å². The van der Waals surface area contributed by atoms with Crippen molar-refractivity contribution in [3.05, 3.63) is 65.2 Å². The lowest BCUT2D eigenvalue weighted by Crippen LogP contribution is -2.09. The highest BCUT2D eigenvalue weighted by molar-refractivity contribution is 7.62. The van der Waals surface area contributed by atoms with Gasteiger partial charge in [0.05, 0.1) is 46.8 Å². The summed E-state index contributed by atoms with van der Waals surface area (Å²) in [5.74, 6) is 0. The van der Waals surface area contributed by atoms with Crippen molar-refractivity contribution in [2.24, 2.45) is 0 Å². The normalized spacial score (nSPS) is 13.1. The van der Waals surface area contributed by atoms with Crippen molar-refractivity contribution >= 4 is 59.3 Å². The summed E-state index contributed by atoms with van der Waals surface area (Å²) in [6.45, 7) is 4.15. The van der Waals surface area contributed by atoms with E-state index in [0.717, 1.165) is 39.3 Å². The summed E-state index contributed by atoms with van der Waals surface area (Å²) in [6.07, 6.45) is 7.77. The van der Waals surface area contributed by atoms with Crippen molar-refractivity contribution in [1.82, 2.24) is 19.9 Å². The molecule has 0 amide bonds. The van der Waals surface area contributed by atoms with Gasteiger partial charge in [-0.25, -0.2) is 9.97 Å². The quantitative estimate of drug-likeness (QED) is 0.346. The molecule has 2 N–H and O–H groups in total. The van der Waals surface area contributed by atoms with Gasteiger partial charge in [0.15, 0.2) is 0 Å².